The molecule has 1 aliphatic heterocycles. The summed E-state index contributed by atoms with van der Waals surface area (Å²) in [6.07, 6.45) is -0.0715. The molecule has 1 unspecified atom stereocenters. The van der Waals surface area contributed by atoms with Crippen molar-refractivity contribution in [2.75, 3.05) is 31.6 Å². The van der Waals surface area contributed by atoms with Crippen molar-refractivity contribution < 1.29 is 9.53 Å². The third-order valence-electron chi connectivity index (χ3n) is 5.35. The van der Waals surface area contributed by atoms with E-state index in [1.54, 1.807) is 0 Å². The van der Waals surface area contributed by atoms with Gasteiger partial charge in [0.05, 0.1) is 22.8 Å². The summed E-state index contributed by atoms with van der Waals surface area (Å²) in [6, 6.07) is 23.4. The number of ether oxygens (including phenoxy) is 1. The zero-order chi connectivity index (χ0) is 22.3. The van der Waals surface area contributed by atoms with Gasteiger partial charge in [-0.25, -0.2) is 4.79 Å². The fraction of sp³-hybridized carbons (Fsp3) is 0.240. The first kappa shape index (κ1) is 22.6. The van der Waals surface area contributed by atoms with Crippen LogP contribution in [-0.4, -0.2) is 43.3 Å². The lowest BCUT2D eigenvalue weighted by Gasteiger charge is -2.33. The van der Waals surface area contributed by atoms with Crippen LogP contribution < -0.4 is 10.6 Å². The number of carbonyl (C=O) groups excluding carboxylic acids is 1. The lowest BCUT2D eigenvalue weighted by atomic mass is 10.1. The number of morpholine rings is 1. The number of urea groups is 1. The number of amides is 2. The van der Waals surface area contributed by atoms with Gasteiger partial charge in [0.25, 0.3) is 0 Å². The number of hydrogen-bond acceptors (Lipinski definition) is 3. The third kappa shape index (κ3) is 6.24. The van der Waals surface area contributed by atoms with E-state index in [4.69, 9.17) is 27.9 Å². The van der Waals surface area contributed by atoms with E-state index in [0.717, 1.165) is 42.0 Å². The summed E-state index contributed by atoms with van der Waals surface area (Å²) < 4.78 is 5.82. The van der Waals surface area contributed by atoms with Crippen molar-refractivity contribution in [1.29, 1.82) is 0 Å². The number of benzene rings is 3. The predicted molar refractivity (Wildman–Crippen MR) is 130 cm³/mol. The van der Waals surface area contributed by atoms with Gasteiger partial charge in [-0.3, -0.25) is 4.90 Å². The van der Waals surface area contributed by atoms with Crippen LogP contribution in [0.4, 0.5) is 10.5 Å². The molecule has 2 amide bonds. The molecule has 0 aliphatic carbocycles. The SMILES string of the molecule is O=C(NCC1CN(Cc2ccc(Cl)c(Cl)c2)CCO1)Nc1ccc(-c2ccccc2)cc1. The predicted octanol–water partition coefficient (Wildman–Crippen LogP) is 5.68. The largest absolute Gasteiger partial charge is 0.374 e. The number of carbonyl (C=O) groups is 1. The van der Waals surface area contributed by atoms with E-state index < -0.39 is 0 Å². The average molecular weight is 470 g/mol. The summed E-state index contributed by atoms with van der Waals surface area (Å²) in [5, 5.41) is 6.90. The first-order chi connectivity index (χ1) is 15.6. The molecule has 4 rings (SSSR count). The molecule has 0 radical (unpaired) electrons. The number of anilines is 1. The molecule has 0 spiro atoms. The molecule has 5 nitrogen and oxygen atoms in total. The van der Waals surface area contributed by atoms with Gasteiger partial charge in [-0.2, -0.15) is 0 Å². The lowest BCUT2D eigenvalue weighted by molar-refractivity contribution is -0.0285. The molecule has 32 heavy (non-hydrogen) atoms. The van der Waals surface area contributed by atoms with Gasteiger partial charge >= 0.3 is 6.03 Å². The molecule has 3 aromatic carbocycles. The van der Waals surface area contributed by atoms with Crippen LogP contribution in [0.1, 0.15) is 5.56 Å². The molecule has 7 heteroatoms. The van der Waals surface area contributed by atoms with Crippen LogP contribution in [0.3, 0.4) is 0 Å². The van der Waals surface area contributed by atoms with Gasteiger partial charge in [0, 0.05) is 31.9 Å². The first-order valence-corrected chi connectivity index (χ1v) is 11.3. The highest BCUT2D eigenvalue weighted by atomic mass is 35.5. The zero-order valence-corrected chi connectivity index (χ0v) is 19.1. The molecule has 0 bridgehead atoms. The molecule has 2 N–H and O–H groups in total. The Bertz CT molecular complexity index is 1040. The van der Waals surface area contributed by atoms with Gasteiger partial charge in [-0.05, 0) is 41.0 Å². The van der Waals surface area contributed by atoms with E-state index in [-0.39, 0.29) is 12.1 Å². The standard InChI is InChI=1S/C25H25Cl2N3O2/c26-23-11-6-18(14-24(23)27)16-30-12-13-32-22(17-30)15-28-25(31)29-21-9-7-20(8-10-21)19-4-2-1-3-5-19/h1-11,14,22H,12-13,15-17H2,(H2,28,29,31). The monoisotopic (exact) mass is 469 g/mol. The molecule has 166 valence electrons. The van der Waals surface area contributed by atoms with Gasteiger partial charge in [-0.1, -0.05) is 71.7 Å². The quantitative estimate of drug-likeness (QED) is 0.487. The molecule has 0 aromatic heterocycles. The van der Waals surface area contributed by atoms with Crippen molar-refractivity contribution in [2.24, 2.45) is 0 Å². The van der Waals surface area contributed by atoms with Crippen LogP contribution in [0.5, 0.6) is 0 Å². The van der Waals surface area contributed by atoms with Crippen LogP contribution in [0.15, 0.2) is 72.8 Å². The average Bonchev–Trinajstić information content (AvgIpc) is 2.81. The van der Waals surface area contributed by atoms with E-state index in [2.05, 4.69) is 27.7 Å². The number of halogens is 2. The number of rotatable bonds is 6. The highest BCUT2D eigenvalue weighted by Crippen LogP contribution is 2.24. The maximum Gasteiger partial charge on any atom is 0.319 e. The number of hydrogen-bond donors (Lipinski definition) is 2. The van der Waals surface area contributed by atoms with E-state index in [1.165, 1.54) is 0 Å². The van der Waals surface area contributed by atoms with Gasteiger partial charge in [0.1, 0.15) is 0 Å². The van der Waals surface area contributed by atoms with Crippen LogP contribution in [0.2, 0.25) is 10.0 Å². The molecule has 3 aromatic rings. The Kier molecular flexibility index (Phi) is 7.66. The second-order valence-electron chi connectivity index (χ2n) is 7.75. The smallest absolute Gasteiger partial charge is 0.319 e. The van der Waals surface area contributed by atoms with E-state index in [0.29, 0.717) is 23.2 Å². The van der Waals surface area contributed by atoms with E-state index in [1.807, 2.05) is 60.7 Å². The fourth-order valence-corrected chi connectivity index (χ4v) is 4.02. The fourth-order valence-electron chi connectivity index (χ4n) is 3.70. The molecule has 1 saturated heterocycles. The summed E-state index contributed by atoms with van der Waals surface area (Å²) in [4.78, 5) is 14.6. The first-order valence-electron chi connectivity index (χ1n) is 10.5. The Morgan fingerprint density at radius 1 is 0.969 bits per heavy atom. The van der Waals surface area contributed by atoms with Crippen molar-refractivity contribution in [3.63, 3.8) is 0 Å². The summed E-state index contributed by atoms with van der Waals surface area (Å²) in [5.41, 5.74) is 4.09. The Hall–Kier alpha value is -2.57. The van der Waals surface area contributed by atoms with E-state index in [9.17, 15) is 4.79 Å². The molecule has 0 saturated carbocycles. The second kappa shape index (κ2) is 10.8. The van der Waals surface area contributed by atoms with Crippen molar-refractivity contribution in [1.82, 2.24) is 10.2 Å². The lowest BCUT2D eigenvalue weighted by Crippen LogP contribution is -2.47. The van der Waals surface area contributed by atoms with Crippen LogP contribution in [-0.2, 0) is 11.3 Å². The minimum Gasteiger partial charge on any atom is -0.374 e. The summed E-state index contributed by atoms with van der Waals surface area (Å²) in [7, 11) is 0. The maximum atomic E-state index is 12.3. The van der Waals surface area contributed by atoms with Crippen LogP contribution in [0.25, 0.3) is 11.1 Å². The number of nitrogens with zero attached hydrogens (tertiary/aromatic N) is 1. The zero-order valence-electron chi connectivity index (χ0n) is 17.6. The minimum absolute atomic E-state index is 0.0715. The highest BCUT2D eigenvalue weighted by molar-refractivity contribution is 6.42. The normalized spacial score (nSPS) is 16.5. The van der Waals surface area contributed by atoms with Crippen LogP contribution in [0, 0.1) is 0 Å². The highest BCUT2D eigenvalue weighted by Gasteiger charge is 2.21. The summed E-state index contributed by atoms with van der Waals surface area (Å²) in [6.45, 7) is 3.38. The molecule has 1 heterocycles. The van der Waals surface area contributed by atoms with Crippen molar-refractivity contribution in [2.45, 2.75) is 12.6 Å². The molecular weight excluding hydrogens is 445 g/mol. The molecule has 1 fully saturated rings. The Morgan fingerprint density at radius 2 is 1.72 bits per heavy atom. The molecule has 1 atom stereocenters. The molecule has 1 aliphatic rings. The summed E-state index contributed by atoms with van der Waals surface area (Å²) >= 11 is 12.1. The second-order valence-corrected chi connectivity index (χ2v) is 8.57. The maximum absolute atomic E-state index is 12.3. The van der Waals surface area contributed by atoms with Crippen molar-refractivity contribution in [3.05, 3.63) is 88.4 Å². The summed E-state index contributed by atoms with van der Waals surface area (Å²) in [5.74, 6) is 0. The van der Waals surface area contributed by atoms with E-state index >= 15 is 0 Å². The Morgan fingerprint density at radius 3 is 2.47 bits per heavy atom. The van der Waals surface area contributed by atoms with Gasteiger partial charge in [0.15, 0.2) is 0 Å². The van der Waals surface area contributed by atoms with Crippen LogP contribution >= 0.6 is 23.2 Å². The van der Waals surface area contributed by atoms with Gasteiger partial charge < -0.3 is 15.4 Å². The molecular formula is C25H25Cl2N3O2. The van der Waals surface area contributed by atoms with Gasteiger partial charge in [0.2, 0.25) is 0 Å². The Balaban J connectivity index is 1.24. The minimum atomic E-state index is -0.248. The Labute approximate surface area is 198 Å². The third-order valence-corrected chi connectivity index (χ3v) is 6.09. The van der Waals surface area contributed by atoms with Crippen molar-refractivity contribution >= 4 is 34.9 Å². The van der Waals surface area contributed by atoms with Crippen molar-refractivity contribution in [3.8, 4) is 11.1 Å². The van der Waals surface area contributed by atoms with Gasteiger partial charge in [-0.15, -0.1) is 0 Å². The topological polar surface area (TPSA) is 53.6 Å². The number of nitrogens with one attached hydrogen (secondary N) is 2.